The van der Waals surface area contributed by atoms with Crippen LogP contribution in [-0.4, -0.2) is 35.2 Å². The van der Waals surface area contributed by atoms with Crippen molar-refractivity contribution in [2.24, 2.45) is 5.92 Å². The van der Waals surface area contributed by atoms with E-state index in [0.29, 0.717) is 16.5 Å². The maximum absolute atomic E-state index is 12.2. The molecule has 0 fully saturated rings. The molecule has 23 heavy (non-hydrogen) atoms. The van der Waals surface area contributed by atoms with Crippen LogP contribution in [-0.2, 0) is 20.7 Å². The number of nitrogens with one attached hydrogen (secondary N) is 1. The molecule has 2 N–H and O–H groups in total. The van der Waals surface area contributed by atoms with Crippen LogP contribution in [0.3, 0.4) is 0 Å². The molecular formula is C15H20BrN2O5+. The van der Waals surface area contributed by atoms with Crippen LogP contribution in [0.4, 0.5) is 5.69 Å². The predicted octanol–water partition coefficient (Wildman–Crippen LogP) is 2.50. The minimum absolute atomic E-state index is 0.0343. The van der Waals surface area contributed by atoms with Crippen LogP contribution in [0.5, 0.6) is 0 Å². The van der Waals surface area contributed by atoms with Crippen LogP contribution in [0.25, 0.3) is 0 Å². The first-order valence-corrected chi connectivity index (χ1v) is 7.85. The van der Waals surface area contributed by atoms with Crippen molar-refractivity contribution < 1.29 is 24.5 Å². The zero-order valence-electron chi connectivity index (χ0n) is 13.2. The second-order valence-corrected chi connectivity index (χ2v) is 6.41. The molecule has 1 aromatic rings. The Morgan fingerprint density at radius 2 is 2.04 bits per heavy atom. The molecule has 0 bridgehead atoms. The molecule has 0 spiro atoms. The zero-order valence-corrected chi connectivity index (χ0v) is 14.8. The quantitative estimate of drug-likeness (QED) is 0.553. The van der Waals surface area contributed by atoms with Crippen molar-refractivity contribution in [1.29, 1.82) is 0 Å². The van der Waals surface area contributed by atoms with Crippen LogP contribution in [0.2, 0.25) is 0 Å². The summed E-state index contributed by atoms with van der Waals surface area (Å²) in [7, 11) is 1.26. The van der Waals surface area contributed by atoms with Gasteiger partial charge < -0.3 is 10.1 Å². The van der Waals surface area contributed by atoms with Gasteiger partial charge in [-0.15, -0.1) is 0 Å². The van der Waals surface area contributed by atoms with Gasteiger partial charge in [-0.1, -0.05) is 35.8 Å². The van der Waals surface area contributed by atoms with Gasteiger partial charge in [0.05, 0.1) is 18.4 Å². The molecule has 0 unspecified atom stereocenters. The first kappa shape index (κ1) is 19.1. The fraction of sp³-hybridized carbons (Fsp3) is 0.467. The third kappa shape index (κ3) is 5.97. The Labute approximate surface area is 142 Å². The Balaban J connectivity index is 2.86. The van der Waals surface area contributed by atoms with Crippen LogP contribution in [0.15, 0.2) is 22.7 Å². The Morgan fingerprint density at radius 1 is 1.39 bits per heavy atom. The van der Waals surface area contributed by atoms with Gasteiger partial charge in [0, 0.05) is 16.1 Å². The van der Waals surface area contributed by atoms with E-state index in [0.717, 1.165) is 0 Å². The second kappa shape index (κ2) is 8.61. The molecule has 0 saturated carbocycles. The number of hydrogen-bond donors (Lipinski definition) is 2. The molecule has 126 valence electrons. The molecule has 0 aliphatic carbocycles. The number of amides is 1. The number of rotatable bonds is 7. The summed E-state index contributed by atoms with van der Waals surface area (Å²) in [5, 5.41) is 11.7. The van der Waals surface area contributed by atoms with Crippen molar-refractivity contribution in [3.8, 4) is 0 Å². The number of nitrogens with zero attached hydrogens (tertiary/aromatic N) is 1. The molecule has 0 aliphatic rings. The summed E-state index contributed by atoms with van der Waals surface area (Å²) in [6.07, 6.45) is 0.298. The first-order chi connectivity index (χ1) is 10.7. The summed E-state index contributed by atoms with van der Waals surface area (Å²) in [6.45, 7) is 3.85. The van der Waals surface area contributed by atoms with Crippen LogP contribution < -0.4 is 5.32 Å². The molecule has 0 saturated heterocycles. The van der Waals surface area contributed by atoms with Crippen molar-refractivity contribution in [2.75, 3.05) is 7.11 Å². The second-order valence-electron chi connectivity index (χ2n) is 5.50. The lowest BCUT2D eigenvalue weighted by molar-refractivity contribution is -0.730. The van der Waals surface area contributed by atoms with Crippen LogP contribution >= 0.6 is 15.9 Å². The maximum Gasteiger partial charge on any atom is 0.328 e. The summed E-state index contributed by atoms with van der Waals surface area (Å²) < 4.78 is 5.28. The van der Waals surface area contributed by atoms with Crippen molar-refractivity contribution in [1.82, 2.24) is 5.32 Å². The average molecular weight is 388 g/mol. The lowest BCUT2D eigenvalue weighted by atomic mass is 10.0. The van der Waals surface area contributed by atoms with Crippen molar-refractivity contribution >= 4 is 33.5 Å². The van der Waals surface area contributed by atoms with Gasteiger partial charge in [0.2, 0.25) is 5.91 Å². The summed E-state index contributed by atoms with van der Waals surface area (Å²) in [4.78, 5) is 34.7. The Morgan fingerprint density at radius 3 is 2.57 bits per heavy atom. The molecule has 1 aromatic carbocycles. The van der Waals surface area contributed by atoms with E-state index >= 15 is 0 Å². The lowest BCUT2D eigenvalue weighted by Gasteiger charge is -2.18. The van der Waals surface area contributed by atoms with Gasteiger partial charge in [-0.25, -0.2) is 10.0 Å². The number of methoxy groups -OCH3 is 1. The SMILES string of the molecule is COC(=O)[C@H](CC(C)C)NC(=O)Cc1ccc(Br)cc1[N+](=O)O. The number of hydrogen-bond acceptors (Lipinski definition) is 4. The van der Waals surface area contributed by atoms with E-state index in [1.54, 1.807) is 12.1 Å². The van der Waals surface area contributed by atoms with E-state index in [1.807, 2.05) is 13.8 Å². The van der Waals surface area contributed by atoms with Crippen LogP contribution in [0, 0.1) is 10.8 Å². The first-order valence-electron chi connectivity index (χ1n) is 7.06. The molecule has 1 rings (SSSR count). The van der Waals surface area contributed by atoms with E-state index in [-0.39, 0.29) is 22.9 Å². The third-order valence-electron chi connectivity index (χ3n) is 3.13. The maximum atomic E-state index is 12.2. The van der Waals surface area contributed by atoms with Crippen molar-refractivity contribution in [2.45, 2.75) is 32.7 Å². The molecule has 0 aromatic heterocycles. The largest absolute Gasteiger partial charge is 0.467 e. The van der Waals surface area contributed by atoms with E-state index in [1.165, 1.54) is 13.2 Å². The van der Waals surface area contributed by atoms with Crippen molar-refractivity contribution in [3.63, 3.8) is 0 Å². The molecular weight excluding hydrogens is 368 g/mol. The number of carbonyl (C=O) groups is 2. The van der Waals surface area contributed by atoms with E-state index in [4.69, 9.17) is 5.21 Å². The van der Waals surface area contributed by atoms with Gasteiger partial charge in [-0.2, -0.15) is 0 Å². The highest BCUT2D eigenvalue weighted by Gasteiger charge is 2.25. The van der Waals surface area contributed by atoms with E-state index in [2.05, 4.69) is 26.0 Å². The lowest BCUT2D eigenvalue weighted by Crippen LogP contribution is -2.43. The van der Waals surface area contributed by atoms with Gasteiger partial charge in [0.1, 0.15) is 6.04 Å². The molecule has 1 atom stereocenters. The van der Waals surface area contributed by atoms with Gasteiger partial charge in [-0.3, -0.25) is 4.79 Å². The van der Waals surface area contributed by atoms with E-state index < -0.39 is 17.9 Å². The minimum Gasteiger partial charge on any atom is -0.467 e. The van der Waals surface area contributed by atoms with Crippen LogP contribution in [0.1, 0.15) is 25.8 Å². The highest BCUT2D eigenvalue weighted by atomic mass is 79.9. The van der Waals surface area contributed by atoms with Gasteiger partial charge in [0.15, 0.2) is 0 Å². The molecule has 0 heterocycles. The molecule has 8 heteroatoms. The van der Waals surface area contributed by atoms with E-state index in [9.17, 15) is 14.5 Å². The fourth-order valence-electron chi connectivity index (χ4n) is 2.11. The Kier molecular flexibility index (Phi) is 7.15. The normalized spacial score (nSPS) is 11.9. The average Bonchev–Trinajstić information content (AvgIpc) is 2.46. The number of esters is 1. The highest BCUT2D eigenvalue weighted by molar-refractivity contribution is 9.10. The fourth-order valence-corrected chi connectivity index (χ4v) is 2.46. The summed E-state index contributed by atoms with van der Waals surface area (Å²) in [5.41, 5.74) is 0.310. The number of halogens is 1. The Hall–Kier alpha value is -1.96. The third-order valence-corrected chi connectivity index (χ3v) is 3.63. The number of ether oxygens (including phenoxy) is 1. The summed E-state index contributed by atoms with van der Waals surface area (Å²) in [6, 6.07) is 3.86. The van der Waals surface area contributed by atoms with Crippen molar-refractivity contribution in [3.05, 3.63) is 33.1 Å². The predicted molar refractivity (Wildman–Crippen MR) is 86.3 cm³/mol. The van der Waals surface area contributed by atoms with Gasteiger partial charge >= 0.3 is 11.7 Å². The topological polar surface area (TPSA) is 95.7 Å². The zero-order chi connectivity index (χ0) is 17.6. The standard InChI is InChI=1S/C15H19BrN2O5/c1-9(2)6-12(15(20)23-3)17-14(19)7-10-4-5-11(16)8-13(10)18(21)22/h4-5,8-9,12H,6-7H2,1-3H3,(H-,17,19,21,22)/p+1/t12-/m0/s1. The molecule has 0 radical (unpaired) electrons. The summed E-state index contributed by atoms with van der Waals surface area (Å²) in [5.74, 6) is -0.764. The van der Waals surface area contributed by atoms with Gasteiger partial charge in [0.25, 0.3) is 4.92 Å². The monoisotopic (exact) mass is 387 g/mol. The minimum atomic E-state index is -0.746. The Bertz CT molecular complexity index is 604. The smallest absolute Gasteiger partial charge is 0.328 e. The molecule has 7 nitrogen and oxygen atoms in total. The number of carbonyl (C=O) groups excluding carboxylic acids is 2. The summed E-state index contributed by atoms with van der Waals surface area (Å²) >= 11 is 3.19. The molecule has 1 amide bonds. The molecule has 0 aliphatic heterocycles. The highest BCUT2D eigenvalue weighted by Crippen LogP contribution is 2.23. The number of benzene rings is 1. The van der Waals surface area contributed by atoms with Gasteiger partial charge in [-0.05, 0) is 18.4 Å².